The number of unbranched alkanes of at least 4 members (excludes halogenated alkanes) is 1. The Kier molecular flexibility index (Phi) is 16.6. The number of nitrogens with zero attached hydrogens (tertiary/aromatic N) is 1. The monoisotopic (exact) mass is 607 g/mol. The van der Waals surface area contributed by atoms with Crippen LogP contribution in [-0.2, 0) is 11.2 Å². The number of thiazole rings is 1. The minimum absolute atomic E-state index is 0.0104. The van der Waals surface area contributed by atoms with Crippen molar-refractivity contribution >= 4 is 45.5 Å². The first-order valence-electron chi connectivity index (χ1n) is 14.3. The molecule has 4 aromatic rings. The number of allylic oxidation sites excluding steroid dienone is 1. The Morgan fingerprint density at radius 2 is 1.81 bits per heavy atom. The summed E-state index contributed by atoms with van der Waals surface area (Å²) in [5.74, 6) is 1.64. The zero-order chi connectivity index (χ0) is 30.7. The lowest BCUT2D eigenvalue weighted by Crippen LogP contribution is -2.17. The molecule has 1 aromatic heterocycles. The Labute approximate surface area is 259 Å². The minimum atomic E-state index is 0.0104. The second-order valence-electron chi connectivity index (χ2n) is 10.1. The fourth-order valence-corrected chi connectivity index (χ4v) is 5.66. The van der Waals surface area contributed by atoms with E-state index in [1.165, 1.54) is 5.56 Å². The first kappa shape index (κ1) is 35.0. The number of aliphatic hydroxyl groups is 1. The van der Waals surface area contributed by atoms with Gasteiger partial charge in [0, 0.05) is 24.1 Å². The number of benzene rings is 3. The normalized spacial score (nSPS) is 11.7. The van der Waals surface area contributed by atoms with Gasteiger partial charge in [-0.05, 0) is 84.7 Å². The first-order valence-corrected chi connectivity index (χ1v) is 16.0. The second-order valence-corrected chi connectivity index (χ2v) is 12.1. The third-order valence-electron chi connectivity index (χ3n) is 5.60. The number of aldehydes is 1. The number of nitrogens with two attached hydrogens (primary N) is 1. The van der Waals surface area contributed by atoms with Crippen molar-refractivity contribution in [3.63, 3.8) is 0 Å². The number of hydrogen-bond donors (Lipinski definition) is 3. The molecule has 0 aliphatic heterocycles. The number of carbonyl (C=O) groups is 1. The molecule has 226 valence electrons. The molecule has 0 amide bonds. The van der Waals surface area contributed by atoms with Crippen LogP contribution in [0.1, 0.15) is 69.1 Å². The SMILES string of the molecule is CC(C)C.CC/C=C(\N)c1cccc(CC(NSc2ccccc2)c2nc3ccc(OCCCC=O)cc3s2)c1.CO. The van der Waals surface area contributed by atoms with Gasteiger partial charge in [0.25, 0.3) is 0 Å². The van der Waals surface area contributed by atoms with Gasteiger partial charge in [0.1, 0.15) is 17.0 Å². The maximum atomic E-state index is 10.5. The average Bonchev–Trinajstić information content (AvgIpc) is 3.42. The molecule has 3 aromatic carbocycles. The number of nitrogens with one attached hydrogen (secondary N) is 1. The van der Waals surface area contributed by atoms with Crippen LogP contribution in [0.2, 0.25) is 0 Å². The molecule has 0 aliphatic rings. The molecule has 42 heavy (non-hydrogen) atoms. The van der Waals surface area contributed by atoms with Crippen molar-refractivity contribution in [2.24, 2.45) is 11.7 Å². The van der Waals surface area contributed by atoms with Crippen LogP contribution in [0.25, 0.3) is 15.9 Å². The number of aliphatic hydroxyl groups excluding tert-OH is 1. The maximum absolute atomic E-state index is 10.5. The smallest absolute Gasteiger partial charge is 0.120 e. The summed E-state index contributed by atoms with van der Waals surface area (Å²) in [4.78, 5) is 16.7. The van der Waals surface area contributed by atoms with Crippen molar-refractivity contribution in [1.29, 1.82) is 0 Å². The molecule has 1 atom stereocenters. The molecule has 8 heteroatoms. The molecule has 1 unspecified atom stereocenters. The molecule has 0 radical (unpaired) electrons. The fraction of sp³-hybridized carbons (Fsp3) is 0.353. The highest BCUT2D eigenvalue weighted by Crippen LogP contribution is 2.33. The lowest BCUT2D eigenvalue weighted by molar-refractivity contribution is -0.108. The summed E-state index contributed by atoms with van der Waals surface area (Å²) in [5, 5.41) is 8.02. The van der Waals surface area contributed by atoms with Gasteiger partial charge in [-0.25, -0.2) is 9.71 Å². The Bertz CT molecular complexity index is 1350. The van der Waals surface area contributed by atoms with Gasteiger partial charge in [0.2, 0.25) is 0 Å². The van der Waals surface area contributed by atoms with Gasteiger partial charge in [-0.1, -0.05) is 70.2 Å². The molecule has 0 spiro atoms. The molecular weight excluding hydrogens is 563 g/mol. The predicted octanol–water partition coefficient (Wildman–Crippen LogP) is 8.22. The van der Waals surface area contributed by atoms with Crippen molar-refractivity contribution in [1.82, 2.24) is 9.71 Å². The van der Waals surface area contributed by atoms with E-state index < -0.39 is 0 Å². The van der Waals surface area contributed by atoms with Crippen LogP contribution in [0.3, 0.4) is 0 Å². The van der Waals surface area contributed by atoms with Crippen LogP contribution >= 0.6 is 23.3 Å². The van der Waals surface area contributed by atoms with Crippen molar-refractivity contribution in [3.05, 3.63) is 95.0 Å². The summed E-state index contributed by atoms with van der Waals surface area (Å²) in [6.07, 6.45) is 5.89. The third-order valence-corrected chi connectivity index (χ3v) is 7.64. The summed E-state index contributed by atoms with van der Waals surface area (Å²) in [6.45, 7) is 9.12. The van der Waals surface area contributed by atoms with Gasteiger partial charge in [0.15, 0.2) is 0 Å². The number of carbonyl (C=O) groups excluding carboxylic acids is 1. The van der Waals surface area contributed by atoms with Gasteiger partial charge in [-0.3, -0.25) is 0 Å². The van der Waals surface area contributed by atoms with E-state index in [-0.39, 0.29) is 6.04 Å². The quantitative estimate of drug-likeness (QED) is 0.0800. The standard InChI is InChI=1S/C29H31N3O2S2.C4H10.CH4O/c1-2-9-25(30)22-11-8-10-21(18-22)19-27(32-36-24-12-4-3-5-13-24)29-31-26-15-14-23(20-28(26)35-29)34-17-7-6-16-33;1-4(2)3;1-2/h3-5,8-16,18,20,27,32H,2,6-7,17,19,30H2,1H3;4H,1-3H3;2H,1H3/b25-9-;;. The highest BCUT2D eigenvalue weighted by Gasteiger charge is 2.18. The Balaban J connectivity index is 0.000000947. The van der Waals surface area contributed by atoms with Crippen molar-refractivity contribution in [3.8, 4) is 5.75 Å². The van der Waals surface area contributed by atoms with Crippen LogP contribution in [0.4, 0.5) is 0 Å². The number of fused-ring (bicyclic) bond motifs is 1. The molecular formula is C34H45N3O3S2. The molecule has 6 nitrogen and oxygen atoms in total. The van der Waals surface area contributed by atoms with Crippen LogP contribution in [0, 0.1) is 5.92 Å². The second kappa shape index (κ2) is 19.9. The lowest BCUT2D eigenvalue weighted by Gasteiger charge is -2.17. The minimum Gasteiger partial charge on any atom is -0.494 e. The molecule has 0 aliphatic carbocycles. The van der Waals surface area contributed by atoms with Gasteiger partial charge in [0.05, 0.1) is 22.9 Å². The van der Waals surface area contributed by atoms with Crippen molar-refractivity contribution in [2.45, 2.75) is 64.3 Å². The lowest BCUT2D eigenvalue weighted by atomic mass is 10.0. The Morgan fingerprint density at radius 1 is 1.07 bits per heavy atom. The molecule has 0 fully saturated rings. The number of hydrogen-bond acceptors (Lipinski definition) is 8. The van der Waals surface area contributed by atoms with E-state index >= 15 is 0 Å². The predicted molar refractivity (Wildman–Crippen MR) is 180 cm³/mol. The zero-order valence-corrected chi connectivity index (χ0v) is 27.0. The number of ether oxygens (including phenoxy) is 1. The zero-order valence-electron chi connectivity index (χ0n) is 25.4. The van der Waals surface area contributed by atoms with Gasteiger partial charge in [-0.2, -0.15) is 0 Å². The fourth-order valence-electron chi connectivity index (χ4n) is 3.78. The van der Waals surface area contributed by atoms with Crippen LogP contribution in [0.15, 0.2) is 83.8 Å². The van der Waals surface area contributed by atoms with E-state index in [4.69, 9.17) is 20.6 Å². The summed E-state index contributed by atoms with van der Waals surface area (Å²) >= 11 is 3.29. The van der Waals surface area contributed by atoms with E-state index in [2.05, 4.69) is 68.8 Å². The summed E-state index contributed by atoms with van der Waals surface area (Å²) in [7, 11) is 1.00. The van der Waals surface area contributed by atoms with Crippen LogP contribution in [0.5, 0.6) is 5.75 Å². The average molecular weight is 608 g/mol. The van der Waals surface area contributed by atoms with E-state index in [0.29, 0.717) is 13.0 Å². The Hall–Kier alpha value is -3.17. The summed E-state index contributed by atoms with van der Waals surface area (Å²) < 4.78 is 10.6. The molecule has 0 bridgehead atoms. The van der Waals surface area contributed by atoms with Gasteiger partial charge >= 0.3 is 0 Å². The molecule has 0 saturated heterocycles. The highest BCUT2D eigenvalue weighted by molar-refractivity contribution is 7.97. The summed E-state index contributed by atoms with van der Waals surface area (Å²) in [6, 6.07) is 24.7. The van der Waals surface area contributed by atoms with Crippen molar-refractivity contribution in [2.75, 3.05) is 13.7 Å². The van der Waals surface area contributed by atoms with E-state index in [1.807, 2.05) is 42.5 Å². The number of aromatic nitrogens is 1. The van der Waals surface area contributed by atoms with Crippen LogP contribution < -0.4 is 15.2 Å². The highest BCUT2D eigenvalue weighted by atomic mass is 32.2. The Morgan fingerprint density at radius 3 is 2.50 bits per heavy atom. The maximum Gasteiger partial charge on any atom is 0.120 e. The van der Waals surface area contributed by atoms with E-state index in [1.54, 1.807) is 23.3 Å². The van der Waals surface area contributed by atoms with Gasteiger partial charge < -0.3 is 20.4 Å². The van der Waals surface area contributed by atoms with Gasteiger partial charge in [-0.15, -0.1) is 11.3 Å². The molecule has 4 rings (SSSR count). The molecule has 4 N–H and O–H groups in total. The van der Waals surface area contributed by atoms with Crippen LogP contribution in [-0.4, -0.2) is 30.1 Å². The largest absolute Gasteiger partial charge is 0.494 e. The molecule has 1 heterocycles. The summed E-state index contributed by atoms with van der Waals surface area (Å²) in [5.41, 5.74) is 10.3. The van der Waals surface area contributed by atoms with E-state index in [0.717, 1.165) is 75.7 Å². The molecule has 0 saturated carbocycles. The number of rotatable bonds is 13. The van der Waals surface area contributed by atoms with Crippen molar-refractivity contribution < 1.29 is 14.6 Å². The topological polar surface area (TPSA) is 97.5 Å². The van der Waals surface area contributed by atoms with E-state index in [9.17, 15) is 4.79 Å². The first-order chi connectivity index (χ1) is 20.4. The third kappa shape index (κ3) is 12.4.